The average Bonchev–Trinajstić information content (AvgIpc) is 3.11. The summed E-state index contributed by atoms with van der Waals surface area (Å²) in [6, 6.07) is 9.73. The van der Waals surface area contributed by atoms with E-state index in [1.165, 1.54) is 0 Å². The lowest BCUT2D eigenvalue weighted by Gasteiger charge is -2.21. The third kappa shape index (κ3) is 7.48. The molecule has 0 radical (unpaired) electrons. The van der Waals surface area contributed by atoms with E-state index in [1.54, 1.807) is 7.11 Å². The summed E-state index contributed by atoms with van der Waals surface area (Å²) in [7, 11) is 1.69. The molecule has 26 heavy (non-hydrogen) atoms. The second-order valence-electron chi connectivity index (χ2n) is 6.15. The number of halogens is 1. The van der Waals surface area contributed by atoms with E-state index in [9.17, 15) is 0 Å². The second-order valence-corrected chi connectivity index (χ2v) is 6.15. The molecule has 1 aliphatic heterocycles. The topological polar surface area (TPSA) is 69.9 Å². The molecule has 1 fully saturated rings. The summed E-state index contributed by atoms with van der Waals surface area (Å²) in [5, 5.41) is 12.2. The second kappa shape index (κ2) is 12.9. The van der Waals surface area contributed by atoms with E-state index in [0.29, 0.717) is 31.2 Å². The molecule has 1 N–H and O–H groups in total. The number of hydrogen-bond donors (Lipinski definition) is 1. The number of methoxy groups -OCH3 is 1. The molecule has 0 saturated carbocycles. The van der Waals surface area contributed by atoms with Crippen LogP contribution in [0.25, 0.3) is 0 Å². The summed E-state index contributed by atoms with van der Waals surface area (Å²) in [4.78, 5) is 7.06. The van der Waals surface area contributed by atoms with Crippen molar-refractivity contribution in [3.8, 4) is 6.07 Å². The molecule has 2 rings (SSSR count). The minimum absolute atomic E-state index is 0. The van der Waals surface area contributed by atoms with Crippen molar-refractivity contribution < 1.29 is 9.47 Å². The first kappa shape index (κ1) is 22.7. The van der Waals surface area contributed by atoms with Gasteiger partial charge in [-0.05, 0) is 31.0 Å². The van der Waals surface area contributed by atoms with Crippen molar-refractivity contribution in [2.24, 2.45) is 10.9 Å². The lowest BCUT2D eigenvalue weighted by atomic mass is 10.1. The Hall–Kier alpha value is -1.37. The molecule has 1 aromatic carbocycles. The molecular weight excluding hydrogens is 443 g/mol. The van der Waals surface area contributed by atoms with Gasteiger partial charge in [0.2, 0.25) is 0 Å². The number of ether oxygens (including phenoxy) is 2. The van der Waals surface area contributed by atoms with Crippen LogP contribution in [-0.4, -0.2) is 57.4 Å². The normalized spacial score (nSPS) is 16.9. The Morgan fingerprint density at radius 3 is 2.77 bits per heavy atom. The zero-order valence-electron chi connectivity index (χ0n) is 15.6. The molecular formula is C19H29IN4O2. The lowest BCUT2D eigenvalue weighted by Crippen LogP contribution is -2.40. The van der Waals surface area contributed by atoms with Gasteiger partial charge in [-0.1, -0.05) is 12.1 Å². The average molecular weight is 472 g/mol. The number of likely N-dealkylation sites (tertiary alicyclic amines) is 1. The number of benzene rings is 1. The first-order valence-electron chi connectivity index (χ1n) is 8.85. The van der Waals surface area contributed by atoms with Gasteiger partial charge in [0.1, 0.15) is 0 Å². The molecule has 0 aromatic heterocycles. The Morgan fingerprint density at radius 1 is 1.35 bits per heavy atom. The molecule has 0 bridgehead atoms. The van der Waals surface area contributed by atoms with E-state index >= 15 is 0 Å². The first-order chi connectivity index (χ1) is 12.3. The summed E-state index contributed by atoms with van der Waals surface area (Å²) in [6.45, 7) is 7.57. The fourth-order valence-corrected chi connectivity index (χ4v) is 2.83. The van der Waals surface area contributed by atoms with Gasteiger partial charge in [-0.25, -0.2) is 4.99 Å². The largest absolute Gasteiger partial charge is 0.382 e. The number of rotatable bonds is 8. The van der Waals surface area contributed by atoms with E-state index in [-0.39, 0.29) is 24.0 Å². The van der Waals surface area contributed by atoms with Crippen LogP contribution in [0.4, 0.5) is 0 Å². The van der Waals surface area contributed by atoms with Gasteiger partial charge in [0, 0.05) is 32.7 Å². The Morgan fingerprint density at radius 2 is 2.12 bits per heavy atom. The van der Waals surface area contributed by atoms with Gasteiger partial charge in [-0.2, -0.15) is 5.26 Å². The molecule has 144 valence electrons. The molecule has 1 aliphatic rings. The highest BCUT2D eigenvalue weighted by molar-refractivity contribution is 14.0. The molecule has 0 spiro atoms. The number of nitrogens with zero attached hydrogens (tertiary/aromatic N) is 3. The van der Waals surface area contributed by atoms with E-state index in [2.05, 4.69) is 23.2 Å². The predicted octanol–water partition coefficient (Wildman–Crippen LogP) is 2.63. The van der Waals surface area contributed by atoms with Crippen molar-refractivity contribution in [1.29, 1.82) is 5.26 Å². The van der Waals surface area contributed by atoms with Gasteiger partial charge in [0.25, 0.3) is 0 Å². The Labute approximate surface area is 173 Å². The third-order valence-corrected chi connectivity index (χ3v) is 4.20. The van der Waals surface area contributed by atoms with Crippen LogP contribution in [-0.2, 0) is 16.0 Å². The zero-order valence-corrected chi connectivity index (χ0v) is 17.9. The van der Waals surface area contributed by atoms with Gasteiger partial charge < -0.3 is 19.7 Å². The third-order valence-electron chi connectivity index (χ3n) is 4.20. The molecule has 1 unspecified atom stereocenters. The van der Waals surface area contributed by atoms with Gasteiger partial charge in [0.05, 0.1) is 38.0 Å². The minimum Gasteiger partial charge on any atom is -0.382 e. The molecule has 6 nitrogen and oxygen atoms in total. The van der Waals surface area contributed by atoms with E-state index in [4.69, 9.17) is 19.7 Å². The Balaban J connectivity index is 0.00000338. The molecule has 0 amide bonds. The minimum atomic E-state index is 0. The lowest BCUT2D eigenvalue weighted by molar-refractivity contribution is 0.0536. The van der Waals surface area contributed by atoms with Crippen molar-refractivity contribution >= 4 is 29.9 Å². The molecule has 1 heterocycles. The number of nitriles is 1. The van der Waals surface area contributed by atoms with Crippen molar-refractivity contribution in [1.82, 2.24) is 10.2 Å². The van der Waals surface area contributed by atoms with Crippen LogP contribution < -0.4 is 5.32 Å². The smallest absolute Gasteiger partial charge is 0.194 e. The molecule has 1 aromatic rings. The highest BCUT2D eigenvalue weighted by Gasteiger charge is 2.24. The Kier molecular flexibility index (Phi) is 11.2. The standard InChI is InChI=1S/C19H28N4O2.HI/c1-3-21-19(22-13-17-6-4-16(12-20)5-7-17)23-9-8-18(14-23)15-25-11-10-24-2;/h4-7,18H,3,8-11,13-15H2,1-2H3,(H,21,22);1H. The maximum absolute atomic E-state index is 8.87. The van der Waals surface area contributed by atoms with Gasteiger partial charge in [0.15, 0.2) is 5.96 Å². The summed E-state index contributed by atoms with van der Waals surface area (Å²) < 4.78 is 10.7. The molecule has 0 aliphatic carbocycles. The SMILES string of the molecule is CCNC(=NCc1ccc(C#N)cc1)N1CCC(COCCOC)C1.I. The molecule has 1 saturated heterocycles. The van der Waals surface area contributed by atoms with Crippen LogP contribution in [0.2, 0.25) is 0 Å². The number of aliphatic imine (C=N–C) groups is 1. The maximum Gasteiger partial charge on any atom is 0.194 e. The molecule has 1 atom stereocenters. The summed E-state index contributed by atoms with van der Waals surface area (Å²) >= 11 is 0. The Bertz CT molecular complexity index is 586. The van der Waals surface area contributed by atoms with E-state index in [1.807, 2.05) is 24.3 Å². The van der Waals surface area contributed by atoms with Crippen molar-refractivity contribution in [3.63, 3.8) is 0 Å². The van der Waals surface area contributed by atoms with Gasteiger partial charge in [-0.3, -0.25) is 0 Å². The quantitative estimate of drug-likeness (QED) is 0.273. The van der Waals surface area contributed by atoms with Gasteiger partial charge in [-0.15, -0.1) is 24.0 Å². The summed E-state index contributed by atoms with van der Waals surface area (Å²) in [6.07, 6.45) is 1.12. The number of nitrogens with one attached hydrogen (secondary N) is 1. The van der Waals surface area contributed by atoms with Crippen molar-refractivity contribution in [3.05, 3.63) is 35.4 Å². The van der Waals surface area contributed by atoms with Crippen LogP contribution in [0, 0.1) is 17.2 Å². The monoisotopic (exact) mass is 472 g/mol. The zero-order chi connectivity index (χ0) is 17.9. The van der Waals surface area contributed by atoms with Crippen LogP contribution >= 0.6 is 24.0 Å². The number of guanidine groups is 1. The van der Waals surface area contributed by atoms with Crippen LogP contribution in [0.3, 0.4) is 0 Å². The van der Waals surface area contributed by atoms with Crippen LogP contribution in [0.15, 0.2) is 29.3 Å². The highest BCUT2D eigenvalue weighted by atomic mass is 127. The van der Waals surface area contributed by atoms with Gasteiger partial charge >= 0.3 is 0 Å². The van der Waals surface area contributed by atoms with Crippen LogP contribution in [0.1, 0.15) is 24.5 Å². The van der Waals surface area contributed by atoms with E-state index in [0.717, 1.165) is 44.2 Å². The fraction of sp³-hybridized carbons (Fsp3) is 0.579. The molecule has 7 heteroatoms. The van der Waals surface area contributed by atoms with Crippen molar-refractivity contribution in [2.75, 3.05) is 46.6 Å². The number of hydrogen-bond acceptors (Lipinski definition) is 4. The fourth-order valence-electron chi connectivity index (χ4n) is 2.83. The van der Waals surface area contributed by atoms with Crippen molar-refractivity contribution in [2.45, 2.75) is 19.9 Å². The van der Waals surface area contributed by atoms with Crippen LogP contribution in [0.5, 0.6) is 0 Å². The highest BCUT2D eigenvalue weighted by Crippen LogP contribution is 2.17. The summed E-state index contributed by atoms with van der Waals surface area (Å²) in [5.74, 6) is 1.49. The first-order valence-corrected chi connectivity index (χ1v) is 8.85. The van der Waals surface area contributed by atoms with E-state index < -0.39 is 0 Å². The predicted molar refractivity (Wildman–Crippen MR) is 114 cm³/mol. The maximum atomic E-state index is 8.87. The summed E-state index contributed by atoms with van der Waals surface area (Å²) in [5.41, 5.74) is 1.78.